The van der Waals surface area contributed by atoms with Crippen LogP contribution in [0.5, 0.6) is 5.75 Å². The third-order valence-electron chi connectivity index (χ3n) is 5.46. The third kappa shape index (κ3) is 4.74. The Bertz CT molecular complexity index is 1210. The second-order valence-corrected chi connectivity index (χ2v) is 10.2. The van der Waals surface area contributed by atoms with Crippen molar-refractivity contribution in [1.29, 1.82) is 0 Å². The maximum atomic E-state index is 13.2. The number of likely N-dealkylation sites (N-methyl/N-ethyl adjacent to an activating group) is 1. The molecule has 1 heterocycles. The fourth-order valence-electron chi connectivity index (χ4n) is 3.79. The zero-order valence-corrected chi connectivity index (χ0v) is 19.4. The molecule has 6 nitrogen and oxygen atoms in total. The van der Waals surface area contributed by atoms with Gasteiger partial charge < -0.3 is 14.5 Å². The SMILES string of the molecule is CN1CCC(Oc2cc(NS(=O)(=O)c3cccc4cc(N(C)C)ccc34)ccc2Cl)C1. The van der Waals surface area contributed by atoms with Crippen molar-refractivity contribution < 1.29 is 13.2 Å². The van der Waals surface area contributed by atoms with Crippen molar-refractivity contribution in [2.75, 3.05) is 43.9 Å². The van der Waals surface area contributed by atoms with Crippen LogP contribution < -0.4 is 14.4 Å². The average Bonchev–Trinajstić information content (AvgIpc) is 3.14. The van der Waals surface area contributed by atoms with Gasteiger partial charge in [0.15, 0.2) is 0 Å². The number of fused-ring (bicyclic) bond motifs is 1. The fourth-order valence-corrected chi connectivity index (χ4v) is 5.23. The number of rotatable bonds is 6. The lowest BCUT2D eigenvalue weighted by atomic mass is 10.1. The second-order valence-electron chi connectivity index (χ2n) is 8.10. The summed E-state index contributed by atoms with van der Waals surface area (Å²) in [6, 6.07) is 15.9. The van der Waals surface area contributed by atoms with Crippen LogP contribution >= 0.6 is 11.6 Å². The molecule has 1 aliphatic rings. The number of halogens is 1. The van der Waals surface area contributed by atoms with E-state index >= 15 is 0 Å². The summed E-state index contributed by atoms with van der Waals surface area (Å²) in [5.74, 6) is 0.482. The number of anilines is 2. The highest BCUT2D eigenvalue weighted by molar-refractivity contribution is 7.93. The van der Waals surface area contributed by atoms with Crippen molar-refractivity contribution in [3.05, 3.63) is 59.6 Å². The number of sulfonamides is 1. The molecule has 164 valence electrons. The van der Waals surface area contributed by atoms with Crippen LogP contribution in [-0.4, -0.2) is 53.7 Å². The molecule has 31 heavy (non-hydrogen) atoms. The van der Waals surface area contributed by atoms with E-state index in [1.807, 2.05) is 50.3 Å². The molecule has 1 N–H and O–H groups in total. The highest BCUT2D eigenvalue weighted by Gasteiger charge is 2.23. The highest BCUT2D eigenvalue weighted by Crippen LogP contribution is 2.32. The Hall–Kier alpha value is -2.48. The molecule has 0 spiro atoms. The van der Waals surface area contributed by atoms with Gasteiger partial charge in [-0.25, -0.2) is 8.42 Å². The number of nitrogens with one attached hydrogen (secondary N) is 1. The van der Waals surface area contributed by atoms with Gasteiger partial charge in [-0.3, -0.25) is 4.72 Å². The molecule has 1 aliphatic heterocycles. The summed E-state index contributed by atoms with van der Waals surface area (Å²) in [7, 11) is 2.14. The Balaban J connectivity index is 1.62. The fraction of sp³-hybridized carbons (Fsp3) is 0.304. The summed E-state index contributed by atoms with van der Waals surface area (Å²) in [5, 5.41) is 1.98. The molecule has 0 radical (unpaired) electrons. The molecule has 8 heteroatoms. The molecule has 0 aromatic heterocycles. The van der Waals surface area contributed by atoms with Gasteiger partial charge in [0.1, 0.15) is 11.9 Å². The normalized spacial score (nSPS) is 17.1. The lowest BCUT2D eigenvalue weighted by molar-refractivity contribution is 0.208. The molecular formula is C23H26ClN3O3S. The van der Waals surface area contributed by atoms with E-state index in [1.165, 1.54) is 0 Å². The summed E-state index contributed by atoms with van der Waals surface area (Å²) in [6.07, 6.45) is 0.951. The number of ether oxygens (including phenoxy) is 1. The van der Waals surface area contributed by atoms with E-state index in [1.54, 1.807) is 30.3 Å². The molecule has 3 aromatic carbocycles. The van der Waals surface area contributed by atoms with Crippen molar-refractivity contribution in [2.24, 2.45) is 0 Å². The maximum Gasteiger partial charge on any atom is 0.262 e. The van der Waals surface area contributed by atoms with E-state index < -0.39 is 10.0 Å². The molecule has 1 fully saturated rings. The minimum atomic E-state index is -3.81. The number of benzene rings is 3. The van der Waals surface area contributed by atoms with Gasteiger partial charge in [-0.1, -0.05) is 29.8 Å². The molecule has 0 saturated carbocycles. The Kier molecular flexibility index (Phi) is 6.01. The standard InChI is InChI=1S/C23H26ClN3O3S/c1-26(2)18-8-9-20-16(13-18)5-4-6-23(20)31(28,29)25-17-7-10-21(24)22(14-17)30-19-11-12-27(3)15-19/h4-10,13-14,19,25H,11-12,15H2,1-3H3. The van der Waals surface area contributed by atoms with Gasteiger partial charge in [-0.15, -0.1) is 0 Å². The van der Waals surface area contributed by atoms with Crippen molar-refractivity contribution in [2.45, 2.75) is 17.4 Å². The van der Waals surface area contributed by atoms with Crippen LogP contribution in [0.1, 0.15) is 6.42 Å². The summed E-state index contributed by atoms with van der Waals surface area (Å²) >= 11 is 6.30. The van der Waals surface area contributed by atoms with Crippen LogP contribution in [0.4, 0.5) is 11.4 Å². The molecule has 0 bridgehead atoms. The Morgan fingerprint density at radius 2 is 1.94 bits per heavy atom. The van der Waals surface area contributed by atoms with Gasteiger partial charge >= 0.3 is 0 Å². The van der Waals surface area contributed by atoms with E-state index in [0.29, 0.717) is 21.8 Å². The summed E-state index contributed by atoms with van der Waals surface area (Å²) < 4.78 is 35.1. The van der Waals surface area contributed by atoms with E-state index in [9.17, 15) is 8.42 Å². The number of hydrogen-bond donors (Lipinski definition) is 1. The van der Waals surface area contributed by atoms with Crippen molar-refractivity contribution >= 4 is 43.8 Å². The first-order chi connectivity index (χ1) is 14.7. The van der Waals surface area contributed by atoms with Gasteiger partial charge in [0.2, 0.25) is 0 Å². The third-order valence-corrected chi connectivity index (χ3v) is 7.21. The monoisotopic (exact) mass is 459 g/mol. The number of nitrogens with zero attached hydrogens (tertiary/aromatic N) is 2. The van der Waals surface area contributed by atoms with Crippen LogP contribution in [0.15, 0.2) is 59.5 Å². The highest BCUT2D eigenvalue weighted by atomic mass is 35.5. The topological polar surface area (TPSA) is 61.9 Å². The molecule has 1 saturated heterocycles. The van der Waals surface area contributed by atoms with Gasteiger partial charge in [0, 0.05) is 44.3 Å². The molecule has 0 amide bonds. The molecule has 1 unspecified atom stereocenters. The lowest BCUT2D eigenvalue weighted by Gasteiger charge is -2.17. The van der Waals surface area contributed by atoms with Gasteiger partial charge in [0.25, 0.3) is 10.0 Å². The number of likely N-dealkylation sites (tertiary alicyclic amines) is 1. The molecule has 4 rings (SSSR count). The first-order valence-corrected chi connectivity index (χ1v) is 12.0. The Morgan fingerprint density at radius 3 is 2.65 bits per heavy atom. The zero-order chi connectivity index (χ0) is 22.2. The number of hydrogen-bond acceptors (Lipinski definition) is 5. The van der Waals surface area contributed by atoms with Crippen molar-refractivity contribution in [1.82, 2.24) is 4.90 Å². The minimum absolute atomic E-state index is 0.0401. The van der Waals surface area contributed by atoms with Gasteiger partial charge in [-0.05, 0) is 49.2 Å². The minimum Gasteiger partial charge on any atom is -0.487 e. The Morgan fingerprint density at radius 1 is 1.13 bits per heavy atom. The maximum absolute atomic E-state index is 13.2. The van der Waals surface area contributed by atoms with Crippen LogP contribution in [0.3, 0.4) is 0 Å². The Labute approximate surface area is 188 Å². The average molecular weight is 460 g/mol. The van der Waals surface area contributed by atoms with Crippen molar-refractivity contribution in [3.8, 4) is 5.75 Å². The molecule has 0 aliphatic carbocycles. The quantitative estimate of drug-likeness (QED) is 0.590. The first-order valence-electron chi connectivity index (χ1n) is 10.1. The van der Waals surface area contributed by atoms with Crippen LogP contribution in [0.25, 0.3) is 10.8 Å². The molecule has 1 atom stereocenters. The molecular weight excluding hydrogens is 434 g/mol. The zero-order valence-electron chi connectivity index (χ0n) is 17.8. The first kappa shape index (κ1) is 21.7. The van der Waals surface area contributed by atoms with Crippen LogP contribution in [-0.2, 0) is 10.0 Å². The predicted octanol–water partition coefficient (Wildman–Crippen LogP) is 4.44. The molecule has 3 aromatic rings. The largest absolute Gasteiger partial charge is 0.487 e. The van der Waals surface area contributed by atoms with E-state index in [4.69, 9.17) is 16.3 Å². The predicted molar refractivity (Wildman–Crippen MR) is 127 cm³/mol. The van der Waals surface area contributed by atoms with Crippen molar-refractivity contribution in [3.63, 3.8) is 0 Å². The van der Waals surface area contributed by atoms with Gasteiger partial charge in [-0.2, -0.15) is 0 Å². The van der Waals surface area contributed by atoms with E-state index in [-0.39, 0.29) is 11.0 Å². The second kappa shape index (κ2) is 8.57. The summed E-state index contributed by atoms with van der Waals surface area (Å²) in [6.45, 7) is 1.78. The smallest absolute Gasteiger partial charge is 0.262 e. The van der Waals surface area contributed by atoms with Crippen LogP contribution in [0, 0.1) is 0 Å². The summed E-state index contributed by atoms with van der Waals surface area (Å²) in [4.78, 5) is 4.40. The van der Waals surface area contributed by atoms with E-state index in [0.717, 1.165) is 30.6 Å². The van der Waals surface area contributed by atoms with Gasteiger partial charge in [0.05, 0.1) is 15.6 Å². The van der Waals surface area contributed by atoms with E-state index in [2.05, 4.69) is 9.62 Å². The summed E-state index contributed by atoms with van der Waals surface area (Å²) in [5.41, 5.74) is 1.42. The lowest BCUT2D eigenvalue weighted by Crippen LogP contribution is -2.21. The van der Waals surface area contributed by atoms with Crippen LogP contribution in [0.2, 0.25) is 5.02 Å².